The number of sulfonamides is 1. The fourth-order valence-electron chi connectivity index (χ4n) is 3.85. The summed E-state index contributed by atoms with van der Waals surface area (Å²) in [6.45, 7) is 4.24. The molecule has 1 saturated heterocycles. The Labute approximate surface area is 160 Å². The molecular formula is C18H28N4O4S. The smallest absolute Gasteiger partial charge is 0.293 e. The van der Waals surface area contributed by atoms with Crippen LogP contribution in [0.2, 0.25) is 0 Å². The monoisotopic (exact) mass is 396 g/mol. The van der Waals surface area contributed by atoms with E-state index >= 15 is 0 Å². The standard InChI is InChI=1S/C18H28N4O4S/c1-14-5-3-4-6-16(14)19-17-8-7-15(13-18(17)22(23)24)27(25,26)21-11-9-20(2)10-12-21/h7-8,13-14,16,19H,3-6,9-12H2,1-2H3/t14-,16+/m1/s1. The Hall–Kier alpha value is -1.71. The van der Waals surface area contributed by atoms with Crippen LogP contribution in [0.3, 0.4) is 0 Å². The molecule has 1 aromatic carbocycles. The Morgan fingerprint density at radius 1 is 1.15 bits per heavy atom. The largest absolute Gasteiger partial charge is 0.376 e. The maximum Gasteiger partial charge on any atom is 0.293 e. The molecule has 0 amide bonds. The van der Waals surface area contributed by atoms with Gasteiger partial charge in [-0.15, -0.1) is 0 Å². The van der Waals surface area contributed by atoms with E-state index in [9.17, 15) is 18.5 Å². The lowest BCUT2D eigenvalue weighted by molar-refractivity contribution is -0.384. The topological polar surface area (TPSA) is 95.8 Å². The van der Waals surface area contributed by atoms with E-state index in [1.54, 1.807) is 6.07 Å². The average Bonchev–Trinajstić information content (AvgIpc) is 2.64. The van der Waals surface area contributed by atoms with Crippen molar-refractivity contribution in [3.8, 4) is 0 Å². The number of piperazine rings is 1. The predicted octanol–water partition coefficient (Wildman–Crippen LogP) is 2.52. The highest BCUT2D eigenvalue weighted by atomic mass is 32.2. The maximum absolute atomic E-state index is 12.9. The average molecular weight is 397 g/mol. The van der Waals surface area contributed by atoms with Crippen LogP contribution >= 0.6 is 0 Å². The molecule has 0 bridgehead atoms. The summed E-state index contributed by atoms with van der Waals surface area (Å²) in [5.74, 6) is 0.437. The first-order chi connectivity index (χ1) is 12.8. The van der Waals surface area contributed by atoms with Crippen molar-refractivity contribution < 1.29 is 13.3 Å². The number of rotatable bonds is 5. The molecule has 1 aliphatic heterocycles. The lowest BCUT2D eigenvalue weighted by atomic mass is 9.86. The van der Waals surface area contributed by atoms with Crippen LogP contribution in [0.15, 0.2) is 23.1 Å². The third-order valence-corrected chi connectivity index (χ3v) is 7.61. The number of nitrogens with one attached hydrogen (secondary N) is 1. The lowest BCUT2D eigenvalue weighted by Crippen LogP contribution is -2.47. The predicted molar refractivity (Wildman–Crippen MR) is 104 cm³/mol. The van der Waals surface area contributed by atoms with Gasteiger partial charge in [0.1, 0.15) is 5.69 Å². The zero-order chi connectivity index (χ0) is 19.6. The highest BCUT2D eigenvalue weighted by Gasteiger charge is 2.30. The molecule has 0 radical (unpaired) electrons. The van der Waals surface area contributed by atoms with Gasteiger partial charge in [-0.25, -0.2) is 8.42 Å². The Balaban J connectivity index is 1.86. The normalized spacial score (nSPS) is 25.3. The van der Waals surface area contributed by atoms with Crippen LogP contribution in [0.1, 0.15) is 32.6 Å². The second-order valence-electron chi connectivity index (χ2n) is 7.66. The molecule has 2 aliphatic rings. The molecule has 0 unspecified atom stereocenters. The van der Waals surface area contributed by atoms with Gasteiger partial charge in [0, 0.05) is 38.3 Å². The molecule has 2 atom stereocenters. The van der Waals surface area contributed by atoms with Gasteiger partial charge < -0.3 is 10.2 Å². The molecule has 1 saturated carbocycles. The minimum atomic E-state index is -3.73. The first kappa shape index (κ1) is 20.0. The van der Waals surface area contributed by atoms with E-state index in [0.29, 0.717) is 37.8 Å². The van der Waals surface area contributed by atoms with Crippen LogP contribution in [-0.4, -0.2) is 61.8 Å². The summed E-state index contributed by atoms with van der Waals surface area (Å²) in [5.41, 5.74) is 0.221. The number of nitro groups is 1. The summed E-state index contributed by atoms with van der Waals surface area (Å²) < 4.78 is 27.2. The van der Waals surface area contributed by atoms with Gasteiger partial charge in [-0.3, -0.25) is 10.1 Å². The SMILES string of the molecule is C[C@@H]1CCCC[C@@H]1Nc1ccc(S(=O)(=O)N2CCN(C)CC2)cc1[N+](=O)[O-]. The molecule has 1 heterocycles. The van der Waals surface area contributed by atoms with Gasteiger partial charge in [0.15, 0.2) is 0 Å². The molecule has 0 spiro atoms. The van der Waals surface area contributed by atoms with Crippen molar-refractivity contribution in [3.05, 3.63) is 28.3 Å². The molecule has 2 fully saturated rings. The molecular weight excluding hydrogens is 368 g/mol. The van der Waals surface area contributed by atoms with Crippen LogP contribution < -0.4 is 5.32 Å². The third kappa shape index (κ3) is 4.41. The fraction of sp³-hybridized carbons (Fsp3) is 0.667. The maximum atomic E-state index is 12.9. The number of anilines is 1. The van der Waals surface area contributed by atoms with E-state index in [1.807, 2.05) is 7.05 Å². The summed E-state index contributed by atoms with van der Waals surface area (Å²) in [4.78, 5) is 13.1. The van der Waals surface area contributed by atoms with Gasteiger partial charge in [-0.05, 0) is 37.9 Å². The zero-order valence-electron chi connectivity index (χ0n) is 15.9. The Bertz CT molecular complexity index is 791. The van der Waals surface area contributed by atoms with Crippen molar-refractivity contribution in [1.82, 2.24) is 9.21 Å². The number of nitrogens with zero attached hydrogens (tertiary/aromatic N) is 3. The van der Waals surface area contributed by atoms with Crippen LogP contribution in [0, 0.1) is 16.0 Å². The lowest BCUT2D eigenvalue weighted by Gasteiger charge is -2.32. The number of nitro benzene ring substituents is 1. The first-order valence-corrected chi connectivity index (χ1v) is 11.0. The molecule has 3 rings (SSSR count). The van der Waals surface area contributed by atoms with Crippen molar-refractivity contribution in [3.63, 3.8) is 0 Å². The van der Waals surface area contributed by atoms with Gasteiger partial charge in [0.05, 0.1) is 9.82 Å². The molecule has 8 nitrogen and oxygen atoms in total. The van der Waals surface area contributed by atoms with Gasteiger partial charge in [-0.1, -0.05) is 19.8 Å². The van der Waals surface area contributed by atoms with E-state index in [-0.39, 0.29) is 16.6 Å². The Morgan fingerprint density at radius 3 is 2.44 bits per heavy atom. The van der Waals surface area contributed by atoms with E-state index < -0.39 is 14.9 Å². The number of hydrogen-bond donors (Lipinski definition) is 1. The van der Waals surface area contributed by atoms with Crippen LogP contribution in [0.25, 0.3) is 0 Å². The summed E-state index contributed by atoms with van der Waals surface area (Å²) >= 11 is 0. The molecule has 9 heteroatoms. The van der Waals surface area contributed by atoms with Crippen molar-refractivity contribution in [2.24, 2.45) is 5.92 Å². The summed E-state index contributed by atoms with van der Waals surface area (Å²) in [7, 11) is -1.78. The first-order valence-electron chi connectivity index (χ1n) is 9.52. The molecule has 1 aliphatic carbocycles. The number of hydrogen-bond acceptors (Lipinski definition) is 6. The quantitative estimate of drug-likeness (QED) is 0.607. The minimum absolute atomic E-state index is 0.0130. The summed E-state index contributed by atoms with van der Waals surface area (Å²) in [6, 6.07) is 4.40. The Kier molecular flexibility index (Phi) is 6.02. The van der Waals surface area contributed by atoms with Crippen LogP contribution in [0.4, 0.5) is 11.4 Å². The van der Waals surface area contributed by atoms with Crippen LogP contribution in [0.5, 0.6) is 0 Å². The second-order valence-corrected chi connectivity index (χ2v) is 9.59. The van der Waals surface area contributed by atoms with Crippen molar-refractivity contribution in [2.45, 2.75) is 43.5 Å². The van der Waals surface area contributed by atoms with E-state index in [0.717, 1.165) is 19.3 Å². The highest BCUT2D eigenvalue weighted by Crippen LogP contribution is 2.33. The number of benzene rings is 1. The zero-order valence-corrected chi connectivity index (χ0v) is 16.7. The molecule has 1 aromatic rings. The van der Waals surface area contributed by atoms with E-state index in [1.165, 1.54) is 22.9 Å². The molecule has 0 aromatic heterocycles. The van der Waals surface area contributed by atoms with Crippen molar-refractivity contribution >= 4 is 21.4 Å². The van der Waals surface area contributed by atoms with Gasteiger partial charge in [0.25, 0.3) is 5.69 Å². The number of likely N-dealkylation sites (N-methyl/N-ethyl adjacent to an activating group) is 1. The molecule has 27 heavy (non-hydrogen) atoms. The third-order valence-electron chi connectivity index (χ3n) is 5.72. The van der Waals surface area contributed by atoms with Crippen molar-refractivity contribution in [1.29, 1.82) is 0 Å². The fourth-order valence-corrected chi connectivity index (χ4v) is 5.30. The van der Waals surface area contributed by atoms with E-state index in [4.69, 9.17) is 0 Å². The summed E-state index contributed by atoms with van der Waals surface area (Å²) in [5, 5.41) is 14.9. The summed E-state index contributed by atoms with van der Waals surface area (Å²) in [6.07, 6.45) is 4.36. The van der Waals surface area contributed by atoms with Crippen molar-refractivity contribution in [2.75, 3.05) is 38.5 Å². The second kappa shape index (κ2) is 8.12. The van der Waals surface area contributed by atoms with Gasteiger partial charge in [0.2, 0.25) is 10.0 Å². The molecule has 1 N–H and O–H groups in total. The van der Waals surface area contributed by atoms with Gasteiger partial charge in [-0.2, -0.15) is 4.31 Å². The van der Waals surface area contributed by atoms with E-state index in [2.05, 4.69) is 17.1 Å². The molecule has 150 valence electrons. The van der Waals surface area contributed by atoms with Gasteiger partial charge >= 0.3 is 0 Å². The highest BCUT2D eigenvalue weighted by molar-refractivity contribution is 7.89. The minimum Gasteiger partial charge on any atom is -0.376 e. The van der Waals surface area contributed by atoms with Crippen LogP contribution in [-0.2, 0) is 10.0 Å². The Morgan fingerprint density at radius 2 is 1.81 bits per heavy atom.